The third kappa shape index (κ3) is 12.2. The third-order valence-electron chi connectivity index (χ3n) is 25.9. The van der Waals surface area contributed by atoms with Crippen LogP contribution in [0.25, 0.3) is 86.9 Å². The zero-order chi connectivity index (χ0) is 79.1. The fourth-order valence-electron chi connectivity index (χ4n) is 20.3. The van der Waals surface area contributed by atoms with Crippen LogP contribution in [0.5, 0.6) is 0 Å². The van der Waals surface area contributed by atoms with Crippen molar-refractivity contribution in [2.24, 2.45) is 0 Å². The maximum absolute atomic E-state index is 2.60. The Hall–Kier alpha value is -14.0. The SMILES string of the molecule is C.CC1(C)c2cccc3ccc4cc(N(c5ccc(-c6ccc([Si](c7ccccc7)(c7ccccc7)c7ccccc7)cc6)cc5)c5cccc6ccccc56)cc1c4c23.CC1(C)c2cccc3ccc4cc(N(c5ccc(-c6ccc([Si](c7ccccc7)(c7ccccc7)c7ccccc7)cc6)cc5)c5cccc6ccccc56)cc1c4c23. The highest BCUT2D eigenvalue weighted by Crippen LogP contribution is 2.54. The lowest BCUT2D eigenvalue weighted by molar-refractivity contribution is 0.662. The Bertz CT molecular complexity index is 6540. The molecule has 0 saturated heterocycles. The van der Waals surface area contributed by atoms with E-state index in [0.29, 0.717) is 0 Å². The second-order valence-corrected chi connectivity index (χ2v) is 40.6. The molecule has 0 aliphatic heterocycles. The molecule has 0 unspecified atom stereocenters. The predicted octanol–water partition coefficient (Wildman–Crippen LogP) is 25.2. The molecule has 0 bridgehead atoms. The molecule has 22 rings (SSSR count). The molecule has 0 atom stereocenters. The second-order valence-electron chi connectivity index (χ2n) is 33.0. The van der Waals surface area contributed by atoms with Gasteiger partial charge in [0.2, 0.25) is 0 Å². The van der Waals surface area contributed by atoms with Crippen LogP contribution in [0.3, 0.4) is 0 Å². The molecule has 2 aliphatic carbocycles. The quantitative estimate of drug-likeness (QED) is 0.0540. The second kappa shape index (κ2) is 29.9. The highest BCUT2D eigenvalue weighted by atomic mass is 28.3. The Morgan fingerprint density at radius 1 is 0.185 bits per heavy atom. The summed E-state index contributed by atoms with van der Waals surface area (Å²) in [4.78, 5) is 4.93. The molecule has 0 fully saturated rings. The Labute approximate surface area is 700 Å². The van der Waals surface area contributed by atoms with Gasteiger partial charge in [-0.15, -0.1) is 0 Å². The number of anilines is 6. The predicted molar refractivity (Wildman–Crippen MR) is 516 cm³/mol. The summed E-state index contributed by atoms with van der Waals surface area (Å²) in [6.07, 6.45) is 0. The third-order valence-corrected chi connectivity index (χ3v) is 35.5. The molecule has 0 amide bonds. The average molecular weight is 1560 g/mol. The van der Waals surface area contributed by atoms with Crippen molar-refractivity contribution in [1.29, 1.82) is 0 Å². The standard InChI is InChI=1S/2C57H43NSi.CH4/c2*1-57(2)52-26-14-18-43-28-29-44-38-46(39-53(57)56(44)55(43)52)58(54-27-15-17-42-16-12-13-25-51(42)54)45-34-30-40(31-35-45)41-32-36-50(37-33-41)59(47-19-6-3-7-20-47,48-21-8-4-9-22-48)49-23-10-5-11-24-49;/h2*3-39H,1-2H3;1H4. The minimum atomic E-state index is -2.60. The average Bonchev–Trinajstić information content (AvgIpc) is 1.55. The summed E-state index contributed by atoms with van der Waals surface area (Å²) in [7, 11) is -5.20. The molecule has 2 aliphatic rings. The molecule has 119 heavy (non-hydrogen) atoms. The number of hydrogen-bond acceptors (Lipinski definition) is 2. The van der Waals surface area contributed by atoms with Crippen molar-refractivity contribution in [2.45, 2.75) is 46.0 Å². The molecule has 0 spiro atoms. The molecule has 4 heteroatoms. The van der Waals surface area contributed by atoms with Crippen LogP contribution >= 0.6 is 0 Å². The van der Waals surface area contributed by atoms with E-state index < -0.39 is 16.1 Å². The first-order valence-electron chi connectivity index (χ1n) is 41.4. The van der Waals surface area contributed by atoms with E-state index in [0.717, 1.165) is 11.4 Å². The van der Waals surface area contributed by atoms with E-state index in [1.165, 1.54) is 173 Å². The number of fused-ring (bicyclic) bond motifs is 2. The summed E-state index contributed by atoms with van der Waals surface area (Å²) in [5.74, 6) is 0. The highest BCUT2D eigenvalue weighted by Gasteiger charge is 2.44. The van der Waals surface area contributed by atoms with Crippen LogP contribution in [-0.4, -0.2) is 16.1 Å². The van der Waals surface area contributed by atoms with Gasteiger partial charge >= 0.3 is 0 Å². The number of nitrogens with zero attached hydrogens (tertiary/aromatic N) is 2. The first-order chi connectivity index (χ1) is 58.0. The van der Waals surface area contributed by atoms with E-state index in [1.54, 1.807) is 0 Å². The van der Waals surface area contributed by atoms with Gasteiger partial charge in [0.05, 0.1) is 11.4 Å². The van der Waals surface area contributed by atoms with Crippen molar-refractivity contribution in [2.75, 3.05) is 9.80 Å². The van der Waals surface area contributed by atoms with Crippen LogP contribution in [0.2, 0.25) is 0 Å². The minimum absolute atomic E-state index is 0. The smallest absolute Gasteiger partial charge is 0.179 e. The summed E-state index contributed by atoms with van der Waals surface area (Å²) in [5.41, 5.74) is 17.1. The van der Waals surface area contributed by atoms with Crippen LogP contribution in [0.15, 0.2) is 449 Å². The number of rotatable bonds is 16. The first kappa shape index (κ1) is 73.9. The van der Waals surface area contributed by atoms with Crippen LogP contribution in [0.1, 0.15) is 57.4 Å². The van der Waals surface area contributed by atoms with Crippen molar-refractivity contribution >= 4 is 156 Å². The summed E-state index contributed by atoms with van der Waals surface area (Å²) in [6, 6.07) is 167. The fourth-order valence-corrected chi connectivity index (χ4v) is 29.7. The lowest BCUT2D eigenvalue weighted by Crippen LogP contribution is -2.74. The zero-order valence-corrected chi connectivity index (χ0v) is 68.6. The molecule has 0 radical (unpaired) electrons. The van der Waals surface area contributed by atoms with Gasteiger partial charge in [0.1, 0.15) is 0 Å². The summed E-state index contributed by atoms with van der Waals surface area (Å²) >= 11 is 0. The van der Waals surface area contributed by atoms with E-state index in [2.05, 4.69) is 486 Å². The Morgan fingerprint density at radius 3 is 0.748 bits per heavy atom. The van der Waals surface area contributed by atoms with Gasteiger partial charge < -0.3 is 9.80 Å². The van der Waals surface area contributed by atoms with Gasteiger partial charge in [-0.05, 0) is 201 Å². The minimum Gasteiger partial charge on any atom is -0.310 e. The van der Waals surface area contributed by atoms with Gasteiger partial charge in [-0.25, -0.2) is 0 Å². The largest absolute Gasteiger partial charge is 0.310 e. The van der Waals surface area contributed by atoms with Crippen LogP contribution in [0.4, 0.5) is 34.1 Å². The molecule has 20 aromatic carbocycles. The monoisotopic (exact) mass is 1550 g/mol. The van der Waals surface area contributed by atoms with Crippen molar-refractivity contribution in [3.8, 4) is 22.3 Å². The van der Waals surface area contributed by atoms with Crippen molar-refractivity contribution in [3.05, 3.63) is 471 Å². The van der Waals surface area contributed by atoms with Gasteiger partial charge in [0.15, 0.2) is 16.1 Å². The topological polar surface area (TPSA) is 6.48 Å². The Balaban J connectivity index is 0.000000151. The van der Waals surface area contributed by atoms with E-state index in [9.17, 15) is 0 Å². The Morgan fingerprint density at radius 2 is 0.429 bits per heavy atom. The zero-order valence-electron chi connectivity index (χ0n) is 66.6. The maximum atomic E-state index is 2.47. The summed E-state index contributed by atoms with van der Waals surface area (Å²) < 4.78 is 0. The lowest BCUT2D eigenvalue weighted by atomic mass is 9.81. The van der Waals surface area contributed by atoms with Gasteiger partial charge in [-0.3, -0.25) is 0 Å². The normalized spacial score (nSPS) is 12.9. The molecule has 0 aromatic heterocycles. The van der Waals surface area contributed by atoms with Crippen LogP contribution in [-0.2, 0) is 10.8 Å². The van der Waals surface area contributed by atoms with Crippen molar-refractivity contribution < 1.29 is 0 Å². The van der Waals surface area contributed by atoms with E-state index >= 15 is 0 Å². The number of benzene rings is 20. The van der Waals surface area contributed by atoms with Gasteiger partial charge in [-0.2, -0.15) is 0 Å². The van der Waals surface area contributed by atoms with E-state index in [4.69, 9.17) is 0 Å². The van der Waals surface area contributed by atoms with Crippen LogP contribution < -0.4 is 51.3 Å². The molecular weight excluding hydrogens is 1470 g/mol. The van der Waals surface area contributed by atoms with Gasteiger partial charge in [0, 0.05) is 44.4 Å². The summed E-state index contributed by atoms with van der Waals surface area (Å²) in [5, 5.41) is 26.7. The molecule has 0 heterocycles. The maximum Gasteiger partial charge on any atom is 0.179 e. The molecule has 0 saturated carbocycles. The van der Waals surface area contributed by atoms with Crippen molar-refractivity contribution in [3.63, 3.8) is 0 Å². The molecule has 568 valence electrons. The molecular formula is C115H90N2Si2. The fraction of sp³-hybridized carbons (Fsp3) is 0.0609. The van der Waals surface area contributed by atoms with E-state index in [-0.39, 0.29) is 18.3 Å². The lowest BCUT2D eigenvalue weighted by Gasteiger charge is -2.34. The van der Waals surface area contributed by atoms with Gasteiger partial charge in [0.25, 0.3) is 0 Å². The number of hydrogen-bond donors (Lipinski definition) is 0. The highest BCUT2D eigenvalue weighted by molar-refractivity contribution is 7.20. The van der Waals surface area contributed by atoms with Gasteiger partial charge in [-0.1, -0.05) is 423 Å². The summed E-state index contributed by atoms with van der Waals surface area (Å²) in [6.45, 7) is 9.53. The molecule has 2 nitrogen and oxygen atoms in total. The van der Waals surface area contributed by atoms with E-state index in [1.807, 2.05) is 0 Å². The molecule has 0 N–H and O–H groups in total. The van der Waals surface area contributed by atoms with Crippen molar-refractivity contribution in [1.82, 2.24) is 0 Å². The Kier molecular flexibility index (Phi) is 18.6. The molecule has 20 aromatic rings. The van der Waals surface area contributed by atoms with Crippen LogP contribution in [0, 0.1) is 0 Å². The first-order valence-corrected chi connectivity index (χ1v) is 45.4.